The minimum Gasteiger partial charge on any atom is -0.351 e. The second kappa shape index (κ2) is 4.51. The van der Waals surface area contributed by atoms with E-state index in [1.54, 1.807) is 6.07 Å². The van der Waals surface area contributed by atoms with E-state index in [1.165, 1.54) is 0 Å². The van der Waals surface area contributed by atoms with Gasteiger partial charge in [-0.2, -0.15) is 0 Å². The third-order valence-electron chi connectivity index (χ3n) is 2.28. The molecule has 0 aliphatic heterocycles. The SMILES string of the molecule is CC(C)(C)CNC(=O)c1cc(C(C)(C)C)no1. The summed E-state index contributed by atoms with van der Waals surface area (Å²) < 4.78 is 5.06. The lowest BCUT2D eigenvalue weighted by Crippen LogP contribution is -2.32. The first-order valence-electron chi connectivity index (χ1n) is 5.85. The van der Waals surface area contributed by atoms with Crippen LogP contribution in [0.3, 0.4) is 0 Å². The van der Waals surface area contributed by atoms with Crippen molar-refractivity contribution in [2.75, 3.05) is 6.54 Å². The van der Waals surface area contributed by atoms with E-state index < -0.39 is 0 Å². The van der Waals surface area contributed by atoms with Gasteiger partial charge in [0.05, 0.1) is 5.69 Å². The van der Waals surface area contributed by atoms with Crippen molar-refractivity contribution in [3.05, 3.63) is 17.5 Å². The molecule has 4 heteroatoms. The van der Waals surface area contributed by atoms with E-state index in [0.29, 0.717) is 6.54 Å². The highest BCUT2D eigenvalue weighted by atomic mass is 16.5. The maximum Gasteiger partial charge on any atom is 0.289 e. The molecular formula is C13H22N2O2. The van der Waals surface area contributed by atoms with Crippen LogP contribution in [0, 0.1) is 5.41 Å². The molecule has 96 valence electrons. The van der Waals surface area contributed by atoms with Crippen LogP contribution in [0.2, 0.25) is 0 Å². The minimum absolute atomic E-state index is 0.0581. The number of amides is 1. The van der Waals surface area contributed by atoms with Crippen LogP contribution < -0.4 is 5.32 Å². The predicted octanol–water partition coefficient (Wildman–Crippen LogP) is 2.75. The van der Waals surface area contributed by atoms with Crippen LogP contribution in [0.5, 0.6) is 0 Å². The van der Waals surface area contributed by atoms with Crippen LogP contribution in [0.1, 0.15) is 57.8 Å². The lowest BCUT2D eigenvalue weighted by molar-refractivity contribution is 0.0902. The highest BCUT2D eigenvalue weighted by molar-refractivity contribution is 5.91. The molecule has 17 heavy (non-hydrogen) atoms. The number of nitrogens with zero attached hydrogens (tertiary/aromatic N) is 1. The van der Waals surface area contributed by atoms with Crippen LogP contribution in [-0.2, 0) is 5.41 Å². The molecule has 0 saturated carbocycles. The van der Waals surface area contributed by atoms with Gasteiger partial charge < -0.3 is 9.84 Å². The van der Waals surface area contributed by atoms with Crippen LogP contribution in [-0.4, -0.2) is 17.6 Å². The third kappa shape index (κ3) is 4.21. The van der Waals surface area contributed by atoms with E-state index in [2.05, 4.69) is 31.2 Å². The summed E-state index contributed by atoms with van der Waals surface area (Å²) in [6.45, 7) is 12.9. The van der Waals surface area contributed by atoms with E-state index in [-0.39, 0.29) is 22.5 Å². The van der Waals surface area contributed by atoms with Crippen molar-refractivity contribution in [1.29, 1.82) is 0 Å². The van der Waals surface area contributed by atoms with Gasteiger partial charge >= 0.3 is 0 Å². The molecule has 0 radical (unpaired) electrons. The Hall–Kier alpha value is -1.32. The van der Waals surface area contributed by atoms with Crippen molar-refractivity contribution in [2.45, 2.75) is 47.0 Å². The summed E-state index contributed by atoms with van der Waals surface area (Å²) in [5.41, 5.74) is 0.743. The van der Waals surface area contributed by atoms with Crippen LogP contribution in [0.15, 0.2) is 10.6 Å². The third-order valence-corrected chi connectivity index (χ3v) is 2.28. The average molecular weight is 238 g/mol. The van der Waals surface area contributed by atoms with E-state index >= 15 is 0 Å². The molecule has 4 nitrogen and oxygen atoms in total. The quantitative estimate of drug-likeness (QED) is 0.862. The molecule has 0 fully saturated rings. The Morgan fingerprint density at radius 2 is 1.88 bits per heavy atom. The van der Waals surface area contributed by atoms with Gasteiger partial charge in [0.25, 0.3) is 5.91 Å². The fourth-order valence-electron chi connectivity index (χ4n) is 1.17. The maximum atomic E-state index is 11.8. The fraction of sp³-hybridized carbons (Fsp3) is 0.692. The summed E-state index contributed by atoms with van der Waals surface area (Å²) in [6.07, 6.45) is 0. The predicted molar refractivity (Wildman–Crippen MR) is 67.0 cm³/mol. The molecule has 1 aromatic rings. The highest BCUT2D eigenvalue weighted by Crippen LogP contribution is 2.21. The number of hydrogen-bond donors (Lipinski definition) is 1. The Morgan fingerprint density at radius 3 is 2.29 bits per heavy atom. The Balaban J connectivity index is 2.68. The smallest absolute Gasteiger partial charge is 0.289 e. The Morgan fingerprint density at radius 1 is 1.29 bits per heavy atom. The lowest BCUT2D eigenvalue weighted by atomic mass is 9.92. The van der Waals surface area contributed by atoms with Crippen molar-refractivity contribution in [3.8, 4) is 0 Å². The number of rotatable bonds is 2. The van der Waals surface area contributed by atoms with Crippen molar-refractivity contribution in [2.24, 2.45) is 5.41 Å². The Labute approximate surface area is 103 Å². The van der Waals surface area contributed by atoms with Crippen LogP contribution in [0.4, 0.5) is 0 Å². The van der Waals surface area contributed by atoms with Gasteiger partial charge in [-0.3, -0.25) is 4.79 Å². The number of aromatic nitrogens is 1. The van der Waals surface area contributed by atoms with Gasteiger partial charge in [0, 0.05) is 18.0 Å². The summed E-state index contributed by atoms with van der Waals surface area (Å²) >= 11 is 0. The number of hydrogen-bond acceptors (Lipinski definition) is 3. The minimum atomic E-state index is -0.206. The number of carbonyl (C=O) groups is 1. The van der Waals surface area contributed by atoms with Gasteiger partial charge in [0.2, 0.25) is 5.76 Å². The molecular weight excluding hydrogens is 216 g/mol. The van der Waals surface area contributed by atoms with Gasteiger partial charge in [0.15, 0.2) is 0 Å². The topological polar surface area (TPSA) is 55.1 Å². The molecule has 1 heterocycles. The summed E-state index contributed by atoms with van der Waals surface area (Å²) in [4.78, 5) is 11.8. The normalized spacial score (nSPS) is 12.6. The fourth-order valence-corrected chi connectivity index (χ4v) is 1.17. The molecule has 1 N–H and O–H groups in total. The zero-order valence-corrected chi connectivity index (χ0v) is 11.5. The first-order chi connectivity index (χ1) is 7.59. The van der Waals surface area contributed by atoms with Gasteiger partial charge in [-0.25, -0.2) is 0 Å². The zero-order valence-electron chi connectivity index (χ0n) is 11.5. The Kier molecular flexibility index (Phi) is 3.65. The standard InChI is InChI=1S/C13H22N2O2/c1-12(2,3)8-14-11(16)9-7-10(15-17-9)13(4,5)6/h7H,8H2,1-6H3,(H,14,16). The summed E-state index contributed by atoms with van der Waals surface area (Å²) in [6, 6.07) is 1.71. The molecule has 0 atom stereocenters. The van der Waals surface area contributed by atoms with Crippen LogP contribution >= 0.6 is 0 Å². The largest absolute Gasteiger partial charge is 0.351 e. The Bertz CT molecular complexity index is 394. The molecule has 1 aromatic heterocycles. The molecule has 0 unspecified atom stereocenters. The number of carbonyl (C=O) groups excluding carboxylic acids is 1. The maximum absolute atomic E-state index is 11.8. The average Bonchev–Trinajstić information content (AvgIpc) is 2.60. The molecule has 0 aromatic carbocycles. The van der Waals surface area contributed by atoms with Crippen molar-refractivity contribution in [1.82, 2.24) is 10.5 Å². The monoisotopic (exact) mass is 238 g/mol. The second-order valence-corrected chi connectivity index (χ2v) is 6.57. The van der Waals surface area contributed by atoms with Gasteiger partial charge in [-0.1, -0.05) is 46.7 Å². The molecule has 0 spiro atoms. The van der Waals surface area contributed by atoms with E-state index in [1.807, 2.05) is 20.8 Å². The zero-order chi connectivity index (χ0) is 13.3. The molecule has 0 saturated heterocycles. The van der Waals surface area contributed by atoms with Gasteiger partial charge in [-0.15, -0.1) is 0 Å². The summed E-state index contributed by atoms with van der Waals surface area (Å²) in [7, 11) is 0. The lowest BCUT2D eigenvalue weighted by Gasteiger charge is -2.17. The van der Waals surface area contributed by atoms with E-state index in [9.17, 15) is 4.79 Å². The van der Waals surface area contributed by atoms with Crippen molar-refractivity contribution in [3.63, 3.8) is 0 Å². The molecule has 0 aliphatic rings. The first-order valence-corrected chi connectivity index (χ1v) is 5.85. The van der Waals surface area contributed by atoms with E-state index in [4.69, 9.17) is 4.52 Å². The molecule has 1 amide bonds. The van der Waals surface area contributed by atoms with E-state index in [0.717, 1.165) is 5.69 Å². The molecule has 1 rings (SSSR count). The second-order valence-electron chi connectivity index (χ2n) is 6.57. The van der Waals surface area contributed by atoms with Gasteiger partial charge in [0.1, 0.15) is 0 Å². The number of nitrogens with one attached hydrogen (secondary N) is 1. The van der Waals surface area contributed by atoms with Crippen molar-refractivity contribution >= 4 is 5.91 Å². The molecule has 0 aliphatic carbocycles. The summed E-state index contributed by atoms with van der Waals surface area (Å²) in [5, 5.41) is 6.75. The van der Waals surface area contributed by atoms with Crippen molar-refractivity contribution < 1.29 is 9.32 Å². The summed E-state index contributed by atoms with van der Waals surface area (Å²) in [5.74, 6) is 0.0714. The highest BCUT2D eigenvalue weighted by Gasteiger charge is 2.22. The first kappa shape index (κ1) is 13.7. The van der Waals surface area contributed by atoms with Gasteiger partial charge in [-0.05, 0) is 5.41 Å². The van der Waals surface area contributed by atoms with Crippen LogP contribution in [0.25, 0.3) is 0 Å². The molecule has 0 bridgehead atoms.